The predicted octanol–water partition coefficient (Wildman–Crippen LogP) is 1.28. The zero-order chi connectivity index (χ0) is 17.6. The summed E-state index contributed by atoms with van der Waals surface area (Å²) in [5, 5.41) is 3.96. The molecule has 1 spiro atoms. The number of carbonyl (C=O) groups excluding carboxylic acids is 2. The Morgan fingerprint density at radius 3 is 2.92 bits per heavy atom. The molecular formula is C17H21N5O3. The summed E-state index contributed by atoms with van der Waals surface area (Å²) in [7, 11) is 0. The fraction of sp³-hybridized carbons (Fsp3) is 0.529. The van der Waals surface area contributed by atoms with Gasteiger partial charge in [0, 0.05) is 37.0 Å². The van der Waals surface area contributed by atoms with Crippen molar-refractivity contribution in [2.24, 2.45) is 5.41 Å². The van der Waals surface area contributed by atoms with Gasteiger partial charge in [-0.05, 0) is 20.3 Å². The van der Waals surface area contributed by atoms with E-state index in [1.54, 1.807) is 0 Å². The van der Waals surface area contributed by atoms with Gasteiger partial charge in [-0.15, -0.1) is 0 Å². The molecular weight excluding hydrogens is 322 g/mol. The van der Waals surface area contributed by atoms with E-state index in [0.717, 1.165) is 23.4 Å². The van der Waals surface area contributed by atoms with Crippen LogP contribution in [-0.4, -0.2) is 56.4 Å². The van der Waals surface area contributed by atoms with Crippen molar-refractivity contribution in [3.63, 3.8) is 0 Å². The summed E-state index contributed by atoms with van der Waals surface area (Å²) >= 11 is 0. The summed E-state index contributed by atoms with van der Waals surface area (Å²) in [5.41, 5.74) is 2.16. The number of imidazole rings is 1. The van der Waals surface area contributed by atoms with Crippen LogP contribution in [0.25, 0.3) is 0 Å². The van der Waals surface area contributed by atoms with Crippen molar-refractivity contribution in [3.05, 3.63) is 35.2 Å². The molecule has 0 unspecified atom stereocenters. The summed E-state index contributed by atoms with van der Waals surface area (Å²) in [4.78, 5) is 35.5. The Labute approximate surface area is 145 Å². The molecule has 4 rings (SSSR count). The lowest BCUT2D eigenvalue weighted by molar-refractivity contribution is -0.128. The molecule has 25 heavy (non-hydrogen) atoms. The smallest absolute Gasteiger partial charge is 0.271 e. The van der Waals surface area contributed by atoms with Crippen molar-refractivity contribution < 1.29 is 14.1 Å². The zero-order valence-electron chi connectivity index (χ0n) is 14.4. The second kappa shape index (κ2) is 5.72. The monoisotopic (exact) mass is 343 g/mol. The Kier molecular flexibility index (Phi) is 3.63. The molecule has 0 aliphatic carbocycles. The van der Waals surface area contributed by atoms with Crippen LogP contribution < -0.4 is 0 Å². The first kappa shape index (κ1) is 15.9. The Hall–Kier alpha value is -2.64. The van der Waals surface area contributed by atoms with Crippen molar-refractivity contribution in [1.29, 1.82) is 0 Å². The van der Waals surface area contributed by atoms with Gasteiger partial charge in [0.1, 0.15) is 11.5 Å². The van der Waals surface area contributed by atoms with Gasteiger partial charge in [0.25, 0.3) is 5.91 Å². The van der Waals surface area contributed by atoms with Crippen LogP contribution in [0, 0.1) is 19.3 Å². The van der Waals surface area contributed by atoms with E-state index >= 15 is 0 Å². The van der Waals surface area contributed by atoms with Crippen LogP contribution in [-0.2, 0) is 11.3 Å². The SMILES string of the molecule is Cc1noc(C)c1CN1C[C@@]2(CCN(C(=O)c3cnc[nH]3)C2)CC1=O. The van der Waals surface area contributed by atoms with Crippen molar-refractivity contribution >= 4 is 11.8 Å². The van der Waals surface area contributed by atoms with Crippen LogP contribution in [0.4, 0.5) is 0 Å². The lowest BCUT2D eigenvalue weighted by Crippen LogP contribution is -2.34. The highest BCUT2D eigenvalue weighted by Crippen LogP contribution is 2.41. The van der Waals surface area contributed by atoms with Crippen molar-refractivity contribution in [2.45, 2.75) is 33.2 Å². The quantitative estimate of drug-likeness (QED) is 0.906. The summed E-state index contributed by atoms with van der Waals surface area (Å²) in [6.07, 6.45) is 4.38. The van der Waals surface area contributed by atoms with Crippen molar-refractivity contribution in [3.8, 4) is 0 Å². The van der Waals surface area contributed by atoms with E-state index in [-0.39, 0.29) is 17.2 Å². The second-order valence-electron chi connectivity index (χ2n) is 7.17. The van der Waals surface area contributed by atoms with Crippen LogP contribution in [0.15, 0.2) is 17.0 Å². The summed E-state index contributed by atoms with van der Waals surface area (Å²) in [5.74, 6) is 0.843. The first-order chi connectivity index (χ1) is 12.0. The Bertz CT molecular complexity index is 793. The number of H-pyrrole nitrogens is 1. The molecule has 2 fully saturated rings. The van der Waals surface area contributed by atoms with Crippen LogP contribution in [0.3, 0.4) is 0 Å². The molecule has 132 valence electrons. The van der Waals surface area contributed by atoms with Gasteiger partial charge in [-0.1, -0.05) is 5.16 Å². The number of amides is 2. The van der Waals surface area contributed by atoms with E-state index in [9.17, 15) is 9.59 Å². The predicted molar refractivity (Wildman–Crippen MR) is 87.6 cm³/mol. The van der Waals surface area contributed by atoms with Crippen LogP contribution in [0.1, 0.15) is 40.3 Å². The van der Waals surface area contributed by atoms with Gasteiger partial charge in [-0.25, -0.2) is 4.98 Å². The van der Waals surface area contributed by atoms with Gasteiger partial charge in [-0.2, -0.15) is 0 Å². The van der Waals surface area contributed by atoms with Crippen LogP contribution in [0.2, 0.25) is 0 Å². The number of likely N-dealkylation sites (tertiary alicyclic amines) is 2. The highest BCUT2D eigenvalue weighted by atomic mass is 16.5. The fourth-order valence-corrected chi connectivity index (χ4v) is 3.97. The molecule has 0 radical (unpaired) electrons. The van der Waals surface area contributed by atoms with Gasteiger partial charge < -0.3 is 19.3 Å². The third kappa shape index (κ3) is 2.71. The first-order valence-electron chi connectivity index (χ1n) is 8.45. The second-order valence-corrected chi connectivity index (χ2v) is 7.17. The molecule has 1 N–H and O–H groups in total. The Balaban J connectivity index is 1.46. The molecule has 2 saturated heterocycles. The van der Waals surface area contributed by atoms with Crippen molar-refractivity contribution in [2.75, 3.05) is 19.6 Å². The number of aromatic amines is 1. The third-order valence-corrected chi connectivity index (χ3v) is 5.39. The van der Waals surface area contributed by atoms with Gasteiger partial charge >= 0.3 is 0 Å². The van der Waals surface area contributed by atoms with E-state index < -0.39 is 0 Å². The molecule has 8 nitrogen and oxygen atoms in total. The minimum absolute atomic E-state index is 0.0500. The molecule has 0 saturated carbocycles. The molecule has 0 aromatic carbocycles. The average Bonchev–Trinajstić information content (AvgIpc) is 3.34. The molecule has 2 aliphatic heterocycles. The maximum Gasteiger partial charge on any atom is 0.271 e. The topological polar surface area (TPSA) is 95.3 Å². The minimum Gasteiger partial charge on any atom is -0.361 e. The van der Waals surface area contributed by atoms with E-state index in [1.165, 1.54) is 12.5 Å². The van der Waals surface area contributed by atoms with Crippen LogP contribution >= 0.6 is 0 Å². The molecule has 2 aromatic heterocycles. The van der Waals surface area contributed by atoms with E-state index in [4.69, 9.17) is 4.52 Å². The summed E-state index contributed by atoms with van der Waals surface area (Å²) < 4.78 is 5.20. The number of aromatic nitrogens is 3. The number of carbonyl (C=O) groups is 2. The normalized spacial score (nSPS) is 23.2. The maximum atomic E-state index is 12.5. The highest BCUT2D eigenvalue weighted by Gasteiger charge is 2.48. The number of hydrogen-bond acceptors (Lipinski definition) is 5. The standard InChI is InChI=1S/C17H21N5O3/c1-11-13(12(2)25-20-11)7-22-9-17(5-15(22)23)3-4-21(8-17)16(24)14-6-18-10-19-14/h6,10H,3-5,7-9H2,1-2H3,(H,18,19)/t17-/m0/s1. The lowest BCUT2D eigenvalue weighted by atomic mass is 9.86. The maximum absolute atomic E-state index is 12.5. The van der Waals surface area contributed by atoms with E-state index in [1.807, 2.05) is 23.6 Å². The molecule has 0 bridgehead atoms. The summed E-state index contributed by atoms with van der Waals surface area (Å²) in [6, 6.07) is 0. The average molecular weight is 343 g/mol. The fourth-order valence-electron chi connectivity index (χ4n) is 3.97. The molecule has 2 amide bonds. The largest absolute Gasteiger partial charge is 0.361 e. The zero-order valence-corrected chi connectivity index (χ0v) is 14.4. The van der Waals surface area contributed by atoms with Gasteiger partial charge in [0.05, 0.1) is 24.8 Å². The van der Waals surface area contributed by atoms with Gasteiger partial charge in [-0.3, -0.25) is 9.59 Å². The lowest BCUT2D eigenvalue weighted by Gasteiger charge is -2.24. The van der Waals surface area contributed by atoms with Gasteiger partial charge in [0.2, 0.25) is 5.91 Å². The minimum atomic E-state index is -0.147. The van der Waals surface area contributed by atoms with Crippen molar-refractivity contribution in [1.82, 2.24) is 24.9 Å². The number of hydrogen-bond donors (Lipinski definition) is 1. The van der Waals surface area contributed by atoms with Crippen LogP contribution in [0.5, 0.6) is 0 Å². The molecule has 2 aromatic rings. The highest BCUT2D eigenvalue weighted by molar-refractivity contribution is 5.92. The number of nitrogens with one attached hydrogen (secondary N) is 1. The van der Waals surface area contributed by atoms with E-state index in [2.05, 4.69) is 15.1 Å². The summed E-state index contributed by atoms with van der Waals surface area (Å²) in [6.45, 7) is 6.23. The van der Waals surface area contributed by atoms with Gasteiger partial charge in [0.15, 0.2) is 0 Å². The first-order valence-corrected chi connectivity index (χ1v) is 8.45. The Morgan fingerprint density at radius 2 is 2.24 bits per heavy atom. The Morgan fingerprint density at radius 1 is 1.40 bits per heavy atom. The number of rotatable bonds is 3. The van der Waals surface area contributed by atoms with E-state index in [0.29, 0.717) is 38.3 Å². The number of nitrogens with zero attached hydrogens (tertiary/aromatic N) is 4. The molecule has 4 heterocycles. The molecule has 2 aliphatic rings. The molecule has 8 heteroatoms. The molecule has 1 atom stereocenters. The number of aryl methyl sites for hydroxylation is 2. The third-order valence-electron chi connectivity index (χ3n) is 5.39.